The summed E-state index contributed by atoms with van der Waals surface area (Å²) in [4.78, 5) is 11.2. The smallest absolute Gasteiger partial charge is 0.333 e. The van der Waals surface area contributed by atoms with Gasteiger partial charge in [-0.15, -0.1) is 0 Å². The van der Waals surface area contributed by atoms with Crippen LogP contribution in [0.15, 0.2) is 24.3 Å². The molecule has 0 saturated heterocycles. The highest BCUT2D eigenvalue weighted by Gasteiger charge is 2.52. The minimum atomic E-state index is -0.323. The highest BCUT2D eigenvalue weighted by molar-refractivity contribution is 5.86. The molecular formula is C16H22O3. The second kappa shape index (κ2) is 5.12. The molecule has 0 aromatic rings. The van der Waals surface area contributed by atoms with Crippen molar-refractivity contribution in [1.82, 2.24) is 0 Å². The van der Waals surface area contributed by atoms with E-state index >= 15 is 0 Å². The van der Waals surface area contributed by atoms with Crippen LogP contribution in [0.25, 0.3) is 0 Å². The normalized spacial score (nSPS) is 38.5. The molecule has 3 aliphatic rings. The second-order valence-electron chi connectivity index (χ2n) is 6.13. The van der Waals surface area contributed by atoms with E-state index in [2.05, 4.69) is 18.7 Å². The molecule has 0 aliphatic heterocycles. The number of rotatable bonds is 5. The Kier molecular flexibility index (Phi) is 3.48. The Labute approximate surface area is 114 Å². The molecule has 0 radical (unpaired) electrons. The number of allylic oxidation sites excluding steroid dienone is 2. The average molecular weight is 262 g/mol. The lowest BCUT2D eigenvalue weighted by molar-refractivity contribution is -0.141. The van der Waals surface area contributed by atoms with Crippen LogP contribution in [0, 0.1) is 23.7 Å². The first-order valence-electron chi connectivity index (χ1n) is 7.27. The summed E-state index contributed by atoms with van der Waals surface area (Å²) >= 11 is 0. The first-order valence-corrected chi connectivity index (χ1v) is 7.27. The second-order valence-corrected chi connectivity index (χ2v) is 6.13. The van der Waals surface area contributed by atoms with Gasteiger partial charge in [0.1, 0.15) is 6.61 Å². The summed E-state index contributed by atoms with van der Waals surface area (Å²) in [5.41, 5.74) is 0.444. The van der Waals surface area contributed by atoms with Gasteiger partial charge in [0, 0.05) is 5.57 Å². The molecule has 3 aliphatic carbocycles. The van der Waals surface area contributed by atoms with Gasteiger partial charge in [-0.05, 0) is 49.9 Å². The highest BCUT2D eigenvalue weighted by Crippen LogP contribution is 2.57. The molecule has 0 unspecified atom stereocenters. The largest absolute Gasteiger partial charge is 0.460 e. The monoisotopic (exact) mass is 262 g/mol. The van der Waals surface area contributed by atoms with Crippen LogP contribution in [0.1, 0.15) is 26.2 Å². The molecule has 19 heavy (non-hydrogen) atoms. The van der Waals surface area contributed by atoms with Crippen molar-refractivity contribution in [2.75, 3.05) is 13.2 Å². The molecule has 0 amide bonds. The Morgan fingerprint density at radius 3 is 2.95 bits per heavy atom. The predicted octanol–water partition coefficient (Wildman–Crippen LogP) is 2.72. The first-order chi connectivity index (χ1) is 9.16. The van der Waals surface area contributed by atoms with E-state index in [4.69, 9.17) is 9.47 Å². The molecule has 3 nitrogen and oxygen atoms in total. The van der Waals surface area contributed by atoms with E-state index in [0.29, 0.717) is 24.9 Å². The molecular weight excluding hydrogens is 240 g/mol. The molecule has 3 heteroatoms. The van der Waals surface area contributed by atoms with Gasteiger partial charge >= 0.3 is 5.97 Å². The van der Waals surface area contributed by atoms with Crippen LogP contribution in [0.3, 0.4) is 0 Å². The third-order valence-electron chi connectivity index (χ3n) is 4.94. The van der Waals surface area contributed by atoms with E-state index in [1.807, 2.05) is 0 Å². The first kappa shape index (κ1) is 12.9. The van der Waals surface area contributed by atoms with Crippen LogP contribution in [0.2, 0.25) is 0 Å². The standard InChI is InChI=1S/C16H22O3/c1-10(2)16(17)19-7-6-18-15-9-11-8-14(15)13-5-3-4-12(11)13/h3-4,11-15H,1,5-9H2,2H3/t11-,12+,13-,14+,15-/m1/s1. The van der Waals surface area contributed by atoms with E-state index in [1.165, 1.54) is 19.3 Å². The zero-order chi connectivity index (χ0) is 13.4. The average Bonchev–Trinajstić information content (AvgIpc) is 3.05. The van der Waals surface area contributed by atoms with Crippen LogP contribution in [-0.4, -0.2) is 25.3 Å². The lowest BCUT2D eigenvalue weighted by atomic mass is 9.80. The van der Waals surface area contributed by atoms with Crippen molar-refractivity contribution in [2.24, 2.45) is 23.7 Å². The maximum Gasteiger partial charge on any atom is 0.333 e. The van der Waals surface area contributed by atoms with Crippen molar-refractivity contribution in [1.29, 1.82) is 0 Å². The van der Waals surface area contributed by atoms with Gasteiger partial charge in [-0.2, -0.15) is 0 Å². The van der Waals surface area contributed by atoms with Crippen LogP contribution >= 0.6 is 0 Å². The predicted molar refractivity (Wildman–Crippen MR) is 72.5 cm³/mol. The maximum absolute atomic E-state index is 11.2. The van der Waals surface area contributed by atoms with Gasteiger partial charge in [-0.1, -0.05) is 18.7 Å². The molecule has 2 saturated carbocycles. The van der Waals surface area contributed by atoms with Crippen molar-refractivity contribution in [2.45, 2.75) is 32.3 Å². The fourth-order valence-electron chi connectivity index (χ4n) is 4.14. The van der Waals surface area contributed by atoms with E-state index in [0.717, 1.165) is 23.7 Å². The van der Waals surface area contributed by atoms with Gasteiger partial charge in [0.2, 0.25) is 0 Å². The van der Waals surface area contributed by atoms with Crippen molar-refractivity contribution < 1.29 is 14.3 Å². The van der Waals surface area contributed by atoms with Crippen molar-refractivity contribution >= 4 is 5.97 Å². The zero-order valence-electron chi connectivity index (χ0n) is 11.5. The van der Waals surface area contributed by atoms with Crippen LogP contribution in [0.5, 0.6) is 0 Å². The third-order valence-corrected chi connectivity index (χ3v) is 4.94. The van der Waals surface area contributed by atoms with Gasteiger partial charge in [0.25, 0.3) is 0 Å². The Bertz CT molecular complexity index is 412. The summed E-state index contributed by atoms with van der Waals surface area (Å²) in [7, 11) is 0. The van der Waals surface area contributed by atoms with Crippen LogP contribution in [-0.2, 0) is 14.3 Å². The van der Waals surface area contributed by atoms with E-state index in [1.54, 1.807) is 6.92 Å². The number of carbonyl (C=O) groups excluding carboxylic acids is 1. The Morgan fingerprint density at radius 2 is 2.16 bits per heavy atom. The lowest BCUT2D eigenvalue weighted by Gasteiger charge is -2.31. The quantitative estimate of drug-likeness (QED) is 0.331. The lowest BCUT2D eigenvalue weighted by Crippen LogP contribution is -2.31. The third kappa shape index (κ3) is 2.36. The zero-order valence-corrected chi connectivity index (χ0v) is 11.5. The summed E-state index contributed by atoms with van der Waals surface area (Å²) in [6.45, 7) is 6.07. The number of ether oxygens (including phenoxy) is 2. The summed E-state index contributed by atoms with van der Waals surface area (Å²) in [5, 5.41) is 0. The van der Waals surface area contributed by atoms with Crippen molar-refractivity contribution in [3.05, 3.63) is 24.3 Å². The highest BCUT2D eigenvalue weighted by atomic mass is 16.6. The molecule has 0 aromatic heterocycles. The minimum absolute atomic E-state index is 0.323. The fourth-order valence-corrected chi connectivity index (χ4v) is 4.14. The van der Waals surface area contributed by atoms with E-state index in [9.17, 15) is 4.79 Å². The summed E-state index contributed by atoms with van der Waals surface area (Å²) in [5.74, 6) is 2.88. The molecule has 3 rings (SSSR count). The number of fused-ring (bicyclic) bond motifs is 5. The summed E-state index contributed by atoms with van der Waals surface area (Å²) in [6.07, 6.45) is 8.89. The van der Waals surface area contributed by atoms with Gasteiger partial charge in [0.05, 0.1) is 12.7 Å². The number of carbonyl (C=O) groups is 1. The molecule has 0 heterocycles. The molecule has 5 atom stereocenters. The maximum atomic E-state index is 11.2. The molecule has 2 bridgehead atoms. The van der Waals surface area contributed by atoms with Crippen LogP contribution < -0.4 is 0 Å². The topological polar surface area (TPSA) is 35.5 Å². The van der Waals surface area contributed by atoms with Gasteiger partial charge in [0.15, 0.2) is 0 Å². The van der Waals surface area contributed by atoms with E-state index in [-0.39, 0.29) is 5.97 Å². The Balaban J connectivity index is 1.41. The van der Waals surface area contributed by atoms with Crippen molar-refractivity contribution in [3.63, 3.8) is 0 Å². The van der Waals surface area contributed by atoms with Gasteiger partial charge in [-0.3, -0.25) is 0 Å². The number of hydrogen-bond donors (Lipinski definition) is 0. The van der Waals surface area contributed by atoms with Gasteiger partial charge < -0.3 is 9.47 Å². The number of esters is 1. The van der Waals surface area contributed by atoms with Gasteiger partial charge in [-0.25, -0.2) is 4.79 Å². The molecule has 104 valence electrons. The molecule has 0 spiro atoms. The van der Waals surface area contributed by atoms with Crippen molar-refractivity contribution in [3.8, 4) is 0 Å². The van der Waals surface area contributed by atoms with E-state index < -0.39 is 0 Å². The Hall–Kier alpha value is -1.09. The summed E-state index contributed by atoms with van der Waals surface area (Å²) in [6, 6.07) is 0. The molecule has 2 fully saturated rings. The Morgan fingerprint density at radius 1 is 1.32 bits per heavy atom. The number of hydrogen-bond acceptors (Lipinski definition) is 3. The minimum Gasteiger partial charge on any atom is -0.460 e. The van der Waals surface area contributed by atoms with Crippen LogP contribution in [0.4, 0.5) is 0 Å². The molecule has 0 aromatic carbocycles. The molecule has 0 N–H and O–H groups in total. The summed E-state index contributed by atoms with van der Waals surface area (Å²) < 4.78 is 11.0. The fraction of sp³-hybridized carbons (Fsp3) is 0.688. The SMILES string of the molecule is C=C(C)C(=O)OCCO[C@@H]1C[C@H]2C[C@H]1[C@@H]1CC=C[C@@H]21.